The summed E-state index contributed by atoms with van der Waals surface area (Å²) in [6, 6.07) is 12.3. The number of benzene rings is 1. The van der Waals surface area contributed by atoms with Crippen molar-refractivity contribution < 1.29 is 0 Å². The fraction of sp³-hybridized carbons (Fsp3) is 0.571. The SMILES string of the molecule is CC(Cc1ccccc1)NC1CCC(N)C1. The topological polar surface area (TPSA) is 38.0 Å². The first-order valence-corrected chi connectivity index (χ1v) is 6.29. The molecule has 0 bridgehead atoms. The lowest BCUT2D eigenvalue weighted by atomic mass is 10.1. The van der Waals surface area contributed by atoms with Gasteiger partial charge in [0.05, 0.1) is 0 Å². The molecule has 0 spiro atoms. The lowest BCUT2D eigenvalue weighted by Crippen LogP contribution is -2.37. The molecule has 0 saturated heterocycles. The smallest absolute Gasteiger partial charge is 0.00849 e. The van der Waals surface area contributed by atoms with Crippen LogP contribution in [0.5, 0.6) is 0 Å². The molecule has 0 amide bonds. The molecule has 0 heterocycles. The second kappa shape index (κ2) is 5.46. The Morgan fingerprint density at radius 1 is 1.31 bits per heavy atom. The van der Waals surface area contributed by atoms with Crippen LogP contribution in [0.4, 0.5) is 0 Å². The summed E-state index contributed by atoms with van der Waals surface area (Å²) in [5, 5.41) is 3.68. The van der Waals surface area contributed by atoms with E-state index in [2.05, 4.69) is 42.6 Å². The molecule has 1 aromatic rings. The normalized spacial score (nSPS) is 26.9. The van der Waals surface area contributed by atoms with E-state index in [1.54, 1.807) is 0 Å². The number of rotatable bonds is 4. The Labute approximate surface area is 98.2 Å². The standard InChI is InChI=1S/C14H22N2/c1-11(9-12-5-3-2-4-6-12)16-14-8-7-13(15)10-14/h2-6,11,13-14,16H,7-10,15H2,1H3. The van der Waals surface area contributed by atoms with Crippen LogP contribution in [-0.4, -0.2) is 18.1 Å². The molecule has 1 aromatic carbocycles. The predicted octanol–water partition coefficient (Wildman–Crippen LogP) is 2.09. The fourth-order valence-corrected chi connectivity index (χ4v) is 2.60. The van der Waals surface area contributed by atoms with Gasteiger partial charge >= 0.3 is 0 Å². The van der Waals surface area contributed by atoms with Crippen molar-refractivity contribution in [3.05, 3.63) is 35.9 Å². The first kappa shape index (κ1) is 11.6. The predicted molar refractivity (Wildman–Crippen MR) is 68.4 cm³/mol. The molecular formula is C14H22N2. The molecule has 0 aromatic heterocycles. The van der Waals surface area contributed by atoms with Gasteiger partial charge in [0, 0.05) is 18.1 Å². The third-order valence-electron chi connectivity index (χ3n) is 3.38. The Bertz CT molecular complexity index is 310. The van der Waals surface area contributed by atoms with Crippen molar-refractivity contribution in [2.75, 3.05) is 0 Å². The van der Waals surface area contributed by atoms with Gasteiger partial charge in [-0.25, -0.2) is 0 Å². The van der Waals surface area contributed by atoms with Crippen LogP contribution in [0, 0.1) is 0 Å². The van der Waals surface area contributed by atoms with E-state index < -0.39 is 0 Å². The minimum Gasteiger partial charge on any atom is -0.328 e. The first-order chi connectivity index (χ1) is 7.74. The lowest BCUT2D eigenvalue weighted by Gasteiger charge is -2.19. The summed E-state index contributed by atoms with van der Waals surface area (Å²) in [5.74, 6) is 0. The van der Waals surface area contributed by atoms with Gasteiger partial charge in [-0.2, -0.15) is 0 Å². The quantitative estimate of drug-likeness (QED) is 0.812. The molecule has 0 aliphatic heterocycles. The van der Waals surface area contributed by atoms with Gasteiger partial charge in [0.25, 0.3) is 0 Å². The lowest BCUT2D eigenvalue weighted by molar-refractivity contribution is 0.444. The maximum absolute atomic E-state index is 5.91. The highest BCUT2D eigenvalue weighted by Gasteiger charge is 2.22. The largest absolute Gasteiger partial charge is 0.328 e. The molecule has 1 fully saturated rings. The van der Waals surface area contributed by atoms with E-state index in [1.807, 2.05) is 0 Å². The van der Waals surface area contributed by atoms with Crippen molar-refractivity contribution >= 4 is 0 Å². The van der Waals surface area contributed by atoms with E-state index >= 15 is 0 Å². The molecule has 0 radical (unpaired) electrons. The Morgan fingerprint density at radius 3 is 2.69 bits per heavy atom. The highest BCUT2D eigenvalue weighted by atomic mass is 15.0. The molecule has 2 heteroatoms. The van der Waals surface area contributed by atoms with E-state index in [-0.39, 0.29) is 0 Å². The van der Waals surface area contributed by atoms with Crippen molar-refractivity contribution in [2.45, 2.75) is 50.7 Å². The van der Waals surface area contributed by atoms with Gasteiger partial charge in [0.2, 0.25) is 0 Å². The molecule has 2 nitrogen and oxygen atoms in total. The Balaban J connectivity index is 1.78. The average Bonchev–Trinajstić information content (AvgIpc) is 2.65. The third kappa shape index (κ3) is 3.32. The summed E-state index contributed by atoms with van der Waals surface area (Å²) in [6.45, 7) is 2.26. The van der Waals surface area contributed by atoms with Crippen LogP contribution in [0.2, 0.25) is 0 Å². The van der Waals surface area contributed by atoms with Crippen LogP contribution in [0.1, 0.15) is 31.7 Å². The zero-order chi connectivity index (χ0) is 11.4. The molecular weight excluding hydrogens is 196 g/mol. The van der Waals surface area contributed by atoms with E-state index in [0.717, 1.165) is 12.8 Å². The Morgan fingerprint density at radius 2 is 2.06 bits per heavy atom. The van der Waals surface area contributed by atoms with Gasteiger partial charge in [-0.15, -0.1) is 0 Å². The van der Waals surface area contributed by atoms with Gasteiger partial charge in [0.1, 0.15) is 0 Å². The monoisotopic (exact) mass is 218 g/mol. The van der Waals surface area contributed by atoms with E-state index in [0.29, 0.717) is 18.1 Å². The van der Waals surface area contributed by atoms with E-state index in [4.69, 9.17) is 5.73 Å². The number of hydrogen-bond donors (Lipinski definition) is 2. The molecule has 1 aliphatic carbocycles. The summed E-state index contributed by atoms with van der Waals surface area (Å²) in [5.41, 5.74) is 7.32. The van der Waals surface area contributed by atoms with Gasteiger partial charge < -0.3 is 11.1 Å². The van der Waals surface area contributed by atoms with E-state index in [9.17, 15) is 0 Å². The van der Waals surface area contributed by atoms with Gasteiger partial charge in [-0.05, 0) is 38.2 Å². The number of hydrogen-bond acceptors (Lipinski definition) is 2. The summed E-state index contributed by atoms with van der Waals surface area (Å²) in [7, 11) is 0. The molecule has 2 rings (SSSR count). The minimum absolute atomic E-state index is 0.418. The van der Waals surface area contributed by atoms with Crippen molar-refractivity contribution in [1.29, 1.82) is 0 Å². The van der Waals surface area contributed by atoms with Crippen LogP contribution >= 0.6 is 0 Å². The molecule has 1 aliphatic rings. The zero-order valence-corrected chi connectivity index (χ0v) is 10.0. The molecule has 3 atom stereocenters. The van der Waals surface area contributed by atoms with Crippen LogP contribution in [0.25, 0.3) is 0 Å². The molecule has 1 saturated carbocycles. The third-order valence-corrected chi connectivity index (χ3v) is 3.38. The van der Waals surface area contributed by atoms with Crippen LogP contribution in [-0.2, 0) is 6.42 Å². The minimum atomic E-state index is 0.418. The van der Waals surface area contributed by atoms with Crippen molar-refractivity contribution in [3.8, 4) is 0 Å². The maximum atomic E-state index is 5.91. The summed E-state index contributed by atoms with van der Waals surface area (Å²) in [4.78, 5) is 0. The fourth-order valence-electron chi connectivity index (χ4n) is 2.60. The molecule has 3 N–H and O–H groups in total. The average molecular weight is 218 g/mol. The first-order valence-electron chi connectivity index (χ1n) is 6.29. The molecule has 16 heavy (non-hydrogen) atoms. The number of nitrogens with two attached hydrogens (primary N) is 1. The van der Waals surface area contributed by atoms with Crippen molar-refractivity contribution in [2.24, 2.45) is 5.73 Å². The summed E-state index contributed by atoms with van der Waals surface area (Å²) < 4.78 is 0. The highest BCUT2D eigenvalue weighted by Crippen LogP contribution is 2.18. The second-order valence-corrected chi connectivity index (χ2v) is 5.03. The van der Waals surface area contributed by atoms with Gasteiger partial charge in [0.15, 0.2) is 0 Å². The Kier molecular flexibility index (Phi) is 3.97. The highest BCUT2D eigenvalue weighted by molar-refractivity contribution is 5.15. The maximum Gasteiger partial charge on any atom is 0.00849 e. The Hall–Kier alpha value is -0.860. The molecule has 88 valence electrons. The summed E-state index contributed by atoms with van der Waals surface area (Å²) >= 11 is 0. The molecule has 3 unspecified atom stereocenters. The van der Waals surface area contributed by atoms with Crippen LogP contribution in [0.15, 0.2) is 30.3 Å². The van der Waals surface area contributed by atoms with Gasteiger partial charge in [-0.1, -0.05) is 30.3 Å². The second-order valence-electron chi connectivity index (χ2n) is 5.03. The number of nitrogens with one attached hydrogen (secondary N) is 1. The van der Waals surface area contributed by atoms with Crippen LogP contribution in [0.3, 0.4) is 0 Å². The van der Waals surface area contributed by atoms with E-state index in [1.165, 1.54) is 18.4 Å². The van der Waals surface area contributed by atoms with Crippen molar-refractivity contribution in [3.63, 3.8) is 0 Å². The zero-order valence-electron chi connectivity index (χ0n) is 10.0. The van der Waals surface area contributed by atoms with Gasteiger partial charge in [-0.3, -0.25) is 0 Å². The summed E-state index contributed by atoms with van der Waals surface area (Å²) in [6.07, 6.45) is 4.65. The van der Waals surface area contributed by atoms with Crippen molar-refractivity contribution in [1.82, 2.24) is 5.32 Å². The van der Waals surface area contributed by atoms with Crippen LogP contribution < -0.4 is 11.1 Å².